The summed E-state index contributed by atoms with van der Waals surface area (Å²) in [6, 6.07) is 4.10. The van der Waals surface area contributed by atoms with E-state index in [0.29, 0.717) is 6.61 Å². The third-order valence-corrected chi connectivity index (χ3v) is 4.44. The molecule has 88 valence electrons. The van der Waals surface area contributed by atoms with Crippen molar-refractivity contribution in [2.24, 2.45) is 0 Å². The number of hydrogen-bond acceptors (Lipinski definition) is 3. The third-order valence-electron chi connectivity index (χ3n) is 3.37. The fraction of sp³-hybridized carbons (Fsp3) is 0.615. The Morgan fingerprint density at radius 2 is 2.19 bits per heavy atom. The monoisotopic (exact) mass is 238 g/mol. The summed E-state index contributed by atoms with van der Waals surface area (Å²) in [7, 11) is 0. The molecular formula is C13H18O2S. The highest BCUT2D eigenvalue weighted by molar-refractivity contribution is 7.10. The van der Waals surface area contributed by atoms with E-state index >= 15 is 0 Å². The molecule has 1 saturated carbocycles. The molecule has 1 aliphatic carbocycles. The van der Waals surface area contributed by atoms with Gasteiger partial charge in [-0.05, 0) is 31.2 Å². The van der Waals surface area contributed by atoms with Crippen molar-refractivity contribution in [3.63, 3.8) is 0 Å². The highest BCUT2D eigenvalue weighted by atomic mass is 32.1. The zero-order chi connectivity index (χ0) is 11.4. The summed E-state index contributed by atoms with van der Waals surface area (Å²) in [5, 5.41) is 2.05. The van der Waals surface area contributed by atoms with Crippen LogP contribution in [0.1, 0.15) is 43.9 Å². The summed E-state index contributed by atoms with van der Waals surface area (Å²) in [6.07, 6.45) is 5.42. The van der Waals surface area contributed by atoms with Crippen LogP contribution >= 0.6 is 11.3 Å². The average molecular weight is 238 g/mol. The molecular weight excluding hydrogens is 220 g/mol. The fourth-order valence-electron chi connectivity index (χ4n) is 2.53. The summed E-state index contributed by atoms with van der Waals surface area (Å²) in [4.78, 5) is 13.4. The van der Waals surface area contributed by atoms with E-state index in [2.05, 4.69) is 6.07 Å². The molecule has 2 rings (SSSR count). The van der Waals surface area contributed by atoms with Gasteiger partial charge in [-0.3, -0.25) is 4.79 Å². The summed E-state index contributed by atoms with van der Waals surface area (Å²) >= 11 is 1.68. The van der Waals surface area contributed by atoms with Crippen molar-refractivity contribution in [3.05, 3.63) is 22.4 Å². The first-order chi connectivity index (χ1) is 7.79. The van der Waals surface area contributed by atoms with Crippen molar-refractivity contribution in [1.82, 2.24) is 0 Å². The zero-order valence-electron chi connectivity index (χ0n) is 9.70. The van der Waals surface area contributed by atoms with E-state index in [1.54, 1.807) is 11.3 Å². The van der Waals surface area contributed by atoms with Crippen molar-refractivity contribution in [3.8, 4) is 0 Å². The van der Waals surface area contributed by atoms with E-state index in [1.807, 2.05) is 18.4 Å². The van der Waals surface area contributed by atoms with Crippen LogP contribution in [0.25, 0.3) is 0 Å². The Bertz CT molecular complexity index is 337. The lowest BCUT2D eigenvalue weighted by Crippen LogP contribution is -2.38. The minimum atomic E-state index is -0.331. The lowest BCUT2D eigenvalue weighted by molar-refractivity contribution is -0.151. The van der Waals surface area contributed by atoms with Gasteiger partial charge in [-0.2, -0.15) is 0 Å². The predicted molar refractivity (Wildman–Crippen MR) is 65.7 cm³/mol. The first-order valence-corrected chi connectivity index (χ1v) is 6.89. The maximum Gasteiger partial charge on any atom is 0.317 e. The van der Waals surface area contributed by atoms with Crippen molar-refractivity contribution in [2.45, 2.75) is 44.4 Å². The summed E-state index contributed by atoms with van der Waals surface area (Å²) in [5.74, 6) is -0.0165. The molecule has 0 N–H and O–H groups in total. The quantitative estimate of drug-likeness (QED) is 0.753. The van der Waals surface area contributed by atoms with E-state index in [4.69, 9.17) is 4.74 Å². The molecule has 1 aliphatic rings. The Labute approximate surface area is 101 Å². The summed E-state index contributed by atoms with van der Waals surface area (Å²) in [6.45, 7) is 2.36. The number of esters is 1. The summed E-state index contributed by atoms with van der Waals surface area (Å²) in [5.41, 5.74) is -0.331. The molecule has 0 aromatic carbocycles. The van der Waals surface area contributed by atoms with E-state index in [-0.39, 0.29) is 11.4 Å². The van der Waals surface area contributed by atoms with E-state index in [1.165, 1.54) is 11.3 Å². The maximum atomic E-state index is 12.2. The number of ether oxygens (including phenoxy) is 1. The van der Waals surface area contributed by atoms with Gasteiger partial charge in [0.25, 0.3) is 0 Å². The van der Waals surface area contributed by atoms with Crippen LogP contribution < -0.4 is 0 Å². The molecule has 0 bridgehead atoms. The molecule has 0 radical (unpaired) electrons. The molecule has 1 aromatic rings. The first-order valence-electron chi connectivity index (χ1n) is 6.01. The first kappa shape index (κ1) is 11.6. The fourth-order valence-corrected chi connectivity index (χ4v) is 3.50. The van der Waals surface area contributed by atoms with Gasteiger partial charge in [0, 0.05) is 4.88 Å². The second-order valence-corrected chi connectivity index (χ2v) is 5.29. The zero-order valence-corrected chi connectivity index (χ0v) is 10.5. The smallest absolute Gasteiger partial charge is 0.317 e. The number of rotatable bonds is 3. The van der Waals surface area contributed by atoms with Crippen LogP contribution in [0.4, 0.5) is 0 Å². The maximum absolute atomic E-state index is 12.2. The number of hydrogen-bond donors (Lipinski definition) is 0. The van der Waals surface area contributed by atoms with E-state index in [9.17, 15) is 4.79 Å². The number of thiophene rings is 1. The molecule has 0 unspecified atom stereocenters. The standard InChI is InChI=1S/C13H18O2S/c1-2-15-12(14)13(8-4-3-5-9-13)11-7-6-10-16-11/h6-7,10H,2-5,8-9H2,1H3. The molecule has 1 aromatic heterocycles. The molecule has 0 saturated heterocycles. The Kier molecular flexibility index (Phi) is 3.64. The minimum Gasteiger partial charge on any atom is -0.465 e. The van der Waals surface area contributed by atoms with Crippen LogP contribution in [0, 0.1) is 0 Å². The average Bonchev–Trinajstić information content (AvgIpc) is 2.84. The number of carbonyl (C=O) groups excluding carboxylic acids is 1. The van der Waals surface area contributed by atoms with Crippen LogP contribution in [0.2, 0.25) is 0 Å². The SMILES string of the molecule is CCOC(=O)C1(c2cccs2)CCCCC1. The van der Waals surface area contributed by atoms with Gasteiger partial charge in [0.1, 0.15) is 5.41 Å². The molecule has 0 atom stereocenters. The van der Waals surface area contributed by atoms with Crippen LogP contribution in [0.15, 0.2) is 17.5 Å². The second kappa shape index (κ2) is 5.00. The lowest BCUT2D eigenvalue weighted by atomic mass is 9.73. The normalized spacial score (nSPS) is 19.3. The van der Waals surface area contributed by atoms with Crippen LogP contribution in [-0.2, 0) is 14.9 Å². The Morgan fingerprint density at radius 1 is 1.44 bits per heavy atom. The molecule has 16 heavy (non-hydrogen) atoms. The highest BCUT2D eigenvalue weighted by Crippen LogP contribution is 2.42. The van der Waals surface area contributed by atoms with E-state index < -0.39 is 0 Å². The highest BCUT2D eigenvalue weighted by Gasteiger charge is 2.43. The van der Waals surface area contributed by atoms with E-state index in [0.717, 1.165) is 25.7 Å². The largest absolute Gasteiger partial charge is 0.465 e. The molecule has 0 spiro atoms. The Morgan fingerprint density at radius 3 is 2.75 bits per heavy atom. The van der Waals surface area contributed by atoms with Gasteiger partial charge in [-0.25, -0.2) is 0 Å². The van der Waals surface area contributed by atoms with Gasteiger partial charge in [0.15, 0.2) is 0 Å². The predicted octanol–water partition coefficient (Wildman–Crippen LogP) is 3.51. The van der Waals surface area contributed by atoms with Crippen molar-refractivity contribution in [2.75, 3.05) is 6.61 Å². The third kappa shape index (κ3) is 2.01. The van der Waals surface area contributed by atoms with Gasteiger partial charge in [-0.1, -0.05) is 25.3 Å². The van der Waals surface area contributed by atoms with Crippen molar-refractivity contribution < 1.29 is 9.53 Å². The van der Waals surface area contributed by atoms with Gasteiger partial charge in [0.2, 0.25) is 0 Å². The van der Waals surface area contributed by atoms with Gasteiger partial charge in [-0.15, -0.1) is 11.3 Å². The van der Waals surface area contributed by atoms with Crippen LogP contribution in [0.3, 0.4) is 0 Å². The van der Waals surface area contributed by atoms with Gasteiger partial charge < -0.3 is 4.74 Å². The molecule has 1 heterocycles. The summed E-state index contributed by atoms with van der Waals surface area (Å²) < 4.78 is 5.28. The molecule has 1 fully saturated rings. The Balaban J connectivity index is 2.28. The Hall–Kier alpha value is -0.830. The molecule has 0 aliphatic heterocycles. The lowest BCUT2D eigenvalue weighted by Gasteiger charge is -2.33. The molecule has 3 heteroatoms. The topological polar surface area (TPSA) is 26.3 Å². The van der Waals surface area contributed by atoms with Crippen molar-refractivity contribution in [1.29, 1.82) is 0 Å². The van der Waals surface area contributed by atoms with Gasteiger partial charge >= 0.3 is 5.97 Å². The van der Waals surface area contributed by atoms with Crippen LogP contribution in [0.5, 0.6) is 0 Å². The number of carbonyl (C=O) groups is 1. The van der Waals surface area contributed by atoms with Crippen LogP contribution in [-0.4, -0.2) is 12.6 Å². The van der Waals surface area contributed by atoms with Crippen molar-refractivity contribution >= 4 is 17.3 Å². The molecule has 0 amide bonds. The van der Waals surface area contributed by atoms with Gasteiger partial charge in [0.05, 0.1) is 6.61 Å². The second-order valence-electron chi connectivity index (χ2n) is 4.34. The molecule has 2 nitrogen and oxygen atoms in total. The minimum absolute atomic E-state index is 0.0165.